The number of nitrogens with zero attached hydrogens (tertiary/aromatic N) is 4. The van der Waals surface area contributed by atoms with Gasteiger partial charge < -0.3 is 4.90 Å². The van der Waals surface area contributed by atoms with Crippen molar-refractivity contribution in [2.45, 2.75) is 50.6 Å². The molecule has 1 amide bonds. The number of aromatic nitrogens is 2. The molecule has 1 aromatic heterocycles. The number of halogens is 6. The van der Waals surface area contributed by atoms with Gasteiger partial charge in [0.05, 0.1) is 5.56 Å². The Morgan fingerprint density at radius 2 is 1.70 bits per heavy atom. The van der Waals surface area contributed by atoms with E-state index in [4.69, 9.17) is 0 Å². The van der Waals surface area contributed by atoms with E-state index in [9.17, 15) is 31.1 Å². The second-order valence-corrected chi connectivity index (χ2v) is 8.65. The Morgan fingerprint density at radius 1 is 1.03 bits per heavy atom. The smallest absolute Gasteiger partial charge is 0.338 e. The first-order valence-corrected chi connectivity index (χ1v) is 10.8. The number of benzene rings is 1. The molecule has 180 valence electrons. The summed E-state index contributed by atoms with van der Waals surface area (Å²) in [6.07, 6.45) is -7.43. The Hall–Kier alpha value is -2.56. The third-order valence-corrected chi connectivity index (χ3v) is 6.12. The van der Waals surface area contributed by atoms with E-state index >= 15 is 0 Å². The molecule has 0 radical (unpaired) electrons. The first kappa shape index (κ1) is 23.6. The van der Waals surface area contributed by atoms with Gasteiger partial charge in [-0.1, -0.05) is 18.2 Å². The SMILES string of the molecule is CC(C(=O)N1CCN(Cc2cccc(C(F)(F)F)c2)CC1)n1nc(C(F)(F)F)cc1C1CC1. The molecule has 2 fully saturated rings. The highest BCUT2D eigenvalue weighted by Crippen LogP contribution is 2.43. The molecular formula is C22H24F6N4O. The largest absolute Gasteiger partial charge is 0.435 e. The van der Waals surface area contributed by atoms with Crippen LogP contribution in [0.3, 0.4) is 0 Å². The van der Waals surface area contributed by atoms with Crippen LogP contribution >= 0.6 is 0 Å². The molecule has 0 spiro atoms. The lowest BCUT2D eigenvalue weighted by Crippen LogP contribution is -2.50. The van der Waals surface area contributed by atoms with Gasteiger partial charge in [-0.25, -0.2) is 0 Å². The lowest BCUT2D eigenvalue weighted by molar-refractivity contribution is -0.143. The summed E-state index contributed by atoms with van der Waals surface area (Å²) in [7, 11) is 0. The summed E-state index contributed by atoms with van der Waals surface area (Å²) in [6.45, 7) is 3.47. The van der Waals surface area contributed by atoms with Crippen molar-refractivity contribution in [3.05, 3.63) is 52.8 Å². The van der Waals surface area contributed by atoms with Crippen molar-refractivity contribution in [3.63, 3.8) is 0 Å². The maximum atomic E-state index is 13.2. The van der Waals surface area contributed by atoms with Crippen LogP contribution in [0.15, 0.2) is 30.3 Å². The monoisotopic (exact) mass is 474 g/mol. The van der Waals surface area contributed by atoms with Crippen molar-refractivity contribution in [3.8, 4) is 0 Å². The lowest BCUT2D eigenvalue weighted by Gasteiger charge is -2.36. The topological polar surface area (TPSA) is 41.4 Å². The van der Waals surface area contributed by atoms with Crippen molar-refractivity contribution in [1.29, 1.82) is 0 Å². The number of rotatable bonds is 5. The van der Waals surface area contributed by atoms with Gasteiger partial charge >= 0.3 is 12.4 Å². The predicted molar refractivity (Wildman–Crippen MR) is 107 cm³/mol. The lowest BCUT2D eigenvalue weighted by atomic mass is 10.1. The predicted octanol–water partition coefficient (Wildman–Crippen LogP) is 4.70. The van der Waals surface area contributed by atoms with Gasteiger partial charge in [0.1, 0.15) is 6.04 Å². The minimum atomic E-state index is -4.58. The molecule has 1 aromatic carbocycles. The van der Waals surface area contributed by atoms with E-state index < -0.39 is 29.7 Å². The molecule has 5 nitrogen and oxygen atoms in total. The normalized spacial score (nSPS) is 19.1. The molecule has 33 heavy (non-hydrogen) atoms. The minimum absolute atomic E-state index is 0.00633. The van der Waals surface area contributed by atoms with Gasteiger partial charge in [-0.2, -0.15) is 31.4 Å². The van der Waals surface area contributed by atoms with Crippen LogP contribution in [0.25, 0.3) is 0 Å². The zero-order valence-electron chi connectivity index (χ0n) is 18.0. The molecule has 0 bridgehead atoms. The van der Waals surface area contributed by atoms with Crippen molar-refractivity contribution in [1.82, 2.24) is 19.6 Å². The summed E-state index contributed by atoms with van der Waals surface area (Å²) >= 11 is 0. The van der Waals surface area contributed by atoms with E-state index in [0.29, 0.717) is 44.0 Å². The van der Waals surface area contributed by atoms with Crippen LogP contribution in [0, 0.1) is 0 Å². The zero-order valence-corrected chi connectivity index (χ0v) is 18.0. The van der Waals surface area contributed by atoms with Crippen LogP contribution in [-0.4, -0.2) is 51.7 Å². The number of carbonyl (C=O) groups excluding carboxylic acids is 1. The van der Waals surface area contributed by atoms with E-state index in [1.54, 1.807) is 17.9 Å². The number of piperazine rings is 1. The summed E-state index contributed by atoms with van der Waals surface area (Å²) in [6, 6.07) is 5.31. The molecule has 4 rings (SSSR count). The van der Waals surface area contributed by atoms with Gasteiger partial charge in [0.25, 0.3) is 0 Å². The van der Waals surface area contributed by atoms with E-state index in [2.05, 4.69) is 5.10 Å². The highest BCUT2D eigenvalue weighted by atomic mass is 19.4. The third kappa shape index (κ3) is 5.34. The molecule has 1 unspecified atom stereocenters. The van der Waals surface area contributed by atoms with Crippen LogP contribution in [0.4, 0.5) is 26.3 Å². The minimum Gasteiger partial charge on any atom is -0.338 e. The molecule has 2 heterocycles. The standard InChI is InChI=1S/C22H24F6N4O/c1-14(32-18(16-5-6-16)12-19(29-32)22(26,27)28)20(33)31-9-7-30(8-10-31)13-15-3-2-4-17(11-15)21(23,24)25/h2-4,11-12,14,16H,5-10,13H2,1H3. The van der Waals surface area contributed by atoms with Crippen LogP contribution in [0.5, 0.6) is 0 Å². The molecule has 1 atom stereocenters. The van der Waals surface area contributed by atoms with Gasteiger partial charge in [0.2, 0.25) is 5.91 Å². The summed E-state index contributed by atoms with van der Waals surface area (Å²) in [5.74, 6) is -0.319. The molecule has 2 aromatic rings. The number of alkyl halides is 6. The first-order chi connectivity index (χ1) is 15.4. The van der Waals surface area contributed by atoms with Crippen molar-refractivity contribution >= 4 is 5.91 Å². The Balaban J connectivity index is 1.38. The van der Waals surface area contributed by atoms with Crippen LogP contribution in [0.1, 0.15) is 54.2 Å². The fourth-order valence-electron chi connectivity index (χ4n) is 4.14. The number of amides is 1. The van der Waals surface area contributed by atoms with Crippen LogP contribution < -0.4 is 0 Å². The van der Waals surface area contributed by atoms with Gasteiger partial charge in [0.15, 0.2) is 5.69 Å². The molecule has 2 aliphatic rings. The average Bonchev–Trinajstić information content (AvgIpc) is 3.49. The average molecular weight is 474 g/mol. The Morgan fingerprint density at radius 3 is 2.27 bits per heavy atom. The van der Waals surface area contributed by atoms with E-state index in [0.717, 1.165) is 31.0 Å². The Labute approximate surface area is 187 Å². The van der Waals surface area contributed by atoms with Crippen LogP contribution in [-0.2, 0) is 23.7 Å². The number of carbonyl (C=O) groups is 1. The summed E-state index contributed by atoms with van der Waals surface area (Å²) in [5.41, 5.74) is -0.726. The van der Waals surface area contributed by atoms with Gasteiger partial charge in [-0.15, -0.1) is 0 Å². The fraction of sp³-hybridized carbons (Fsp3) is 0.545. The van der Waals surface area contributed by atoms with Gasteiger partial charge in [-0.05, 0) is 37.5 Å². The maximum Gasteiger partial charge on any atom is 0.435 e. The maximum absolute atomic E-state index is 13.2. The van der Waals surface area contributed by atoms with E-state index in [-0.39, 0.29) is 11.8 Å². The molecule has 1 aliphatic carbocycles. The zero-order chi connectivity index (χ0) is 24.0. The quantitative estimate of drug-likeness (QED) is 0.590. The molecule has 0 N–H and O–H groups in total. The van der Waals surface area contributed by atoms with E-state index in [1.165, 1.54) is 10.7 Å². The number of hydrogen-bond donors (Lipinski definition) is 0. The van der Waals surface area contributed by atoms with Crippen LogP contribution in [0.2, 0.25) is 0 Å². The summed E-state index contributed by atoms with van der Waals surface area (Å²) in [5, 5.41) is 3.70. The van der Waals surface area contributed by atoms with Crippen molar-refractivity contribution < 1.29 is 31.1 Å². The second-order valence-electron chi connectivity index (χ2n) is 8.65. The van der Waals surface area contributed by atoms with Crippen molar-refractivity contribution in [2.24, 2.45) is 0 Å². The molecule has 11 heteroatoms. The molecule has 1 saturated heterocycles. The molecule has 1 aliphatic heterocycles. The Bertz CT molecular complexity index is 1000. The highest BCUT2D eigenvalue weighted by Gasteiger charge is 2.40. The summed E-state index contributed by atoms with van der Waals surface area (Å²) in [4.78, 5) is 16.5. The summed E-state index contributed by atoms with van der Waals surface area (Å²) < 4.78 is 79.4. The fourth-order valence-corrected chi connectivity index (χ4v) is 4.14. The Kier molecular flexibility index (Phi) is 6.19. The molecule has 1 saturated carbocycles. The van der Waals surface area contributed by atoms with Crippen molar-refractivity contribution in [2.75, 3.05) is 26.2 Å². The van der Waals surface area contributed by atoms with Gasteiger partial charge in [-0.3, -0.25) is 14.4 Å². The second kappa shape index (κ2) is 8.66. The van der Waals surface area contributed by atoms with E-state index in [1.807, 2.05) is 4.90 Å². The first-order valence-electron chi connectivity index (χ1n) is 10.8. The molecular weight excluding hydrogens is 450 g/mol. The number of hydrogen-bond acceptors (Lipinski definition) is 3. The van der Waals surface area contributed by atoms with Gasteiger partial charge in [0, 0.05) is 44.3 Å². The highest BCUT2D eigenvalue weighted by molar-refractivity contribution is 5.80. The third-order valence-electron chi connectivity index (χ3n) is 6.12.